The number of thiophene rings is 1. The van der Waals surface area contributed by atoms with E-state index in [1.807, 2.05) is 18.3 Å². The quantitative estimate of drug-likeness (QED) is 0.861. The first-order valence-electron chi connectivity index (χ1n) is 5.35. The lowest BCUT2D eigenvalue weighted by Crippen LogP contribution is -2.25. The summed E-state index contributed by atoms with van der Waals surface area (Å²) in [5.41, 5.74) is 0.0478. The minimum absolute atomic E-state index is 0.0478. The molecule has 0 saturated heterocycles. The highest BCUT2D eigenvalue weighted by atomic mass is 79.9. The molecule has 0 aliphatic carbocycles. The van der Waals surface area contributed by atoms with Gasteiger partial charge >= 0.3 is 0 Å². The third-order valence-electron chi connectivity index (χ3n) is 2.41. The monoisotopic (exact) mass is 312 g/mol. The summed E-state index contributed by atoms with van der Waals surface area (Å²) in [6.07, 6.45) is 1.81. The summed E-state index contributed by atoms with van der Waals surface area (Å²) in [7, 11) is 0. The van der Waals surface area contributed by atoms with Crippen molar-refractivity contribution in [3.05, 3.63) is 55.5 Å². The first-order valence-corrected chi connectivity index (χ1v) is 7.02. The Kier molecular flexibility index (Phi) is 4.53. The summed E-state index contributed by atoms with van der Waals surface area (Å²) < 4.78 is 2.85. The average molecular weight is 313 g/mol. The molecule has 90 valence electrons. The molecule has 0 radical (unpaired) electrons. The summed E-state index contributed by atoms with van der Waals surface area (Å²) in [5, 5.41) is 5.38. The van der Waals surface area contributed by atoms with Gasteiger partial charge in [0, 0.05) is 41.2 Å². The predicted molar refractivity (Wildman–Crippen MR) is 74.4 cm³/mol. The van der Waals surface area contributed by atoms with Crippen molar-refractivity contribution in [2.45, 2.75) is 13.1 Å². The molecule has 2 rings (SSSR count). The van der Waals surface area contributed by atoms with Crippen LogP contribution in [0, 0.1) is 0 Å². The molecule has 0 aromatic carbocycles. The third kappa shape index (κ3) is 3.52. The standard InChI is InChI=1S/C12H13BrN2OS/c13-10-4-8-17-11(10)9-14-5-7-15-6-2-1-3-12(15)16/h1-4,6,8,14H,5,7,9H2. The molecule has 0 bridgehead atoms. The number of nitrogens with zero attached hydrogens (tertiary/aromatic N) is 1. The van der Waals surface area contributed by atoms with Crippen LogP contribution in [0.5, 0.6) is 0 Å². The maximum Gasteiger partial charge on any atom is 0.250 e. The van der Waals surface area contributed by atoms with Gasteiger partial charge in [-0.2, -0.15) is 0 Å². The second kappa shape index (κ2) is 6.14. The van der Waals surface area contributed by atoms with E-state index in [4.69, 9.17) is 0 Å². The van der Waals surface area contributed by atoms with Crippen molar-refractivity contribution < 1.29 is 0 Å². The molecule has 0 amide bonds. The van der Waals surface area contributed by atoms with Crippen LogP contribution in [-0.4, -0.2) is 11.1 Å². The van der Waals surface area contributed by atoms with E-state index in [9.17, 15) is 4.79 Å². The summed E-state index contributed by atoms with van der Waals surface area (Å²) in [6.45, 7) is 2.32. The van der Waals surface area contributed by atoms with Gasteiger partial charge in [0.25, 0.3) is 5.56 Å². The van der Waals surface area contributed by atoms with Gasteiger partial charge in [-0.3, -0.25) is 4.79 Å². The summed E-state index contributed by atoms with van der Waals surface area (Å²) in [4.78, 5) is 12.7. The van der Waals surface area contributed by atoms with E-state index in [2.05, 4.69) is 26.6 Å². The Hall–Kier alpha value is -0.910. The predicted octanol–water partition coefficient (Wildman–Crippen LogP) is 2.46. The highest BCUT2D eigenvalue weighted by Crippen LogP contribution is 2.21. The number of hydrogen-bond donors (Lipinski definition) is 1. The molecule has 2 aromatic rings. The van der Waals surface area contributed by atoms with E-state index < -0.39 is 0 Å². The molecule has 0 saturated carbocycles. The van der Waals surface area contributed by atoms with Gasteiger partial charge in [0.05, 0.1) is 0 Å². The zero-order valence-corrected chi connectivity index (χ0v) is 11.6. The Bertz CT molecular complexity index is 535. The minimum Gasteiger partial charge on any atom is -0.314 e. The lowest BCUT2D eigenvalue weighted by molar-refractivity contribution is 0.587. The van der Waals surface area contributed by atoms with Gasteiger partial charge < -0.3 is 9.88 Å². The Morgan fingerprint density at radius 2 is 2.24 bits per heavy atom. The molecular formula is C12H13BrN2OS. The van der Waals surface area contributed by atoms with Crippen molar-refractivity contribution in [1.29, 1.82) is 0 Å². The van der Waals surface area contributed by atoms with Crippen LogP contribution in [0.2, 0.25) is 0 Å². The maximum atomic E-state index is 11.4. The van der Waals surface area contributed by atoms with Crippen molar-refractivity contribution in [3.8, 4) is 0 Å². The second-order valence-electron chi connectivity index (χ2n) is 3.60. The zero-order valence-electron chi connectivity index (χ0n) is 9.23. The lowest BCUT2D eigenvalue weighted by atomic mass is 10.4. The van der Waals surface area contributed by atoms with E-state index in [1.54, 1.807) is 28.0 Å². The van der Waals surface area contributed by atoms with Gasteiger partial charge in [-0.15, -0.1) is 11.3 Å². The molecule has 0 atom stereocenters. The average Bonchev–Trinajstić information content (AvgIpc) is 2.73. The molecule has 3 nitrogen and oxygen atoms in total. The van der Waals surface area contributed by atoms with Crippen molar-refractivity contribution >= 4 is 27.3 Å². The van der Waals surface area contributed by atoms with Gasteiger partial charge in [-0.25, -0.2) is 0 Å². The van der Waals surface area contributed by atoms with Crippen LogP contribution in [0.15, 0.2) is 45.1 Å². The minimum atomic E-state index is 0.0478. The molecule has 0 aliphatic heterocycles. The number of aromatic nitrogens is 1. The second-order valence-corrected chi connectivity index (χ2v) is 5.46. The molecule has 17 heavy (non-hydrogen) atoms. The highest BCUT2D eigenvalue weighted by Gasteiger charge is 2.00. The van der Waals surface area contributed by atoms with Crippen LogP contribution in [0.3, 0.4) is 0 Å². The highest BCUT2D eigenvalue weighted by molar-refractivity contribution is 9.10. The molecule has 2 aromatic heterocycles. The molecule has 5 heteroatoms. The first kappa shape index (κ1) is 12.5. The molecule has 0 fully saturated rings. The number of halogens is 1. The van der Waals surface area contributed by atoms with Crippen molar-refractivity contribution in [1.82, 2.24) is 9.88 Å². The molecule has 1 N–H and O–H groups in total. The Balaban J connectivity index is 1.79. The van der Waals surface area contributed by atoms with Gasteiger partial charge in [-0.05, 0) is 33.4 Å². The van der Waals surface area contributed by atoms with Gasteiger partial charge in [-0.1, -0.05) is 6.07 Å². The fourth-order valence-corrected chi connectivity index (χ4v) is 2.96. The van der Waals surface area contributed by atoms with Crippen LogP contribution in [0.1, 0.15) is 4.88 Å². The fraction of sp³-hybridized carbons (Fsp3) is 0.250. The topological polar surface area (TPSA) is 34.0 Å². The van der Waals surface area contributed by atoms with Crippen LogP contribution >= 0.6 is 27.3 Å². The van der Waals surface area contributed by atoms with Crippen molar-refractivity contribution in [3.63, 3.8) is 0 Å². The number of rotatable bonds is 5. The van der Waals surface area contributed by atoms with Crippen LogP contribution in [0.4, 0.5) is 0 Å². The van der Waals surface area contributed by atoms with Gasteiger partial charge in [0.15, 0.2) is 0 Å². The van der Waals surface area contributed by atoms with E-state index in [-0.39, 0.29) is 5.56 Å². The lowest BCUT2D eigenvalue weighted by Gasteiger charge is -2.06. The number of hydrogen-bond acceptors (Lipinski definition) is 3. The van der Waals surface area contributed by atoms with Crippen molar-refractivity contribution in [2.75, 3.05) is 6.54 Å². The third-order valence-corrected chi connectivity index (χ3v) is 4.33. The number of pyridine rings is 1. The Morgan fingerprint density at radius 1 is 1.35 bits per heavy atom. The molecule has 0 unspecified atom stereocenters. The van der Waals surface area contributed by atoms with E-state index in [0.717, 1.165) is 17.6 Å². The molecule has 0 spiro atoms. The van der Waals surface area contributed by atoms with Crippen LogP contribution < -0.4 is 10.9 Å². The SMILES string of the molecule is O=c1ccccn1CCNCc1sccc1Br. The summed E-state index contributed by atoms with van der Waals surface area (Å²) in [6, 6.07) is 7.26. The smallest absolute Gasteiger partial charge is 0.250 e. The zero-order chi connectivity index (χ0) is 12.1. The largest absolute Gasteiger partial charge is 0.314 e. The normalized spacial score (nSPS) is 10.6. The van der Waals surface area contributed by atoms with E-state index >= 15 is 0 Å². The molecule has 0 aliphatic rings. The summed E-state index contributed by atoms with van der Waals surface area (Å²) >= 11 is 5.21. The van der Waals surface area contributed by atoms with Gasteiger partial charge in [0.2, 0.25) is 0 Å². The summed E-state index contributed by atoms with van der Waals surface area (Å²) in [5.74, 6) is 0. The molecular weight excluding hydrogens is 300 g/mol. The first-order chi connectivity index (χ1) is 8.27. The maximum absolute atomic E-state index is 11.4. The van der Waals surface area contributed by atoms with E-state index in [1.165, 1.54) is 4.88 Å². The Labute approximate surface area is 112 Å². The van der Waals surface area contributed by atoms with Gasteiger partial charge in [0.1, 0.15) is 0 Å². The number of nitrogens with one attached hydrogen (secondary N) is 1. The van der Waals surface area contributed by atoms with Crippen LogP contribution in [0.25, 0.3) is 0 Å². The van der Waals surface area contributed by atoms with Crippen LogP contribution in [-0.2, 0) is 13.1 Å². The molecule has 2 heterocycles. The van der Waals surface area contributed by atoms with Crippen molar-refractivity contribution in [2.24, 2.45) is 0 Å². The fourth-order valence-electron chi connectivity index (χ4n) is 1.50. The Morgan fingerprint density at radius 3 is 2.94 bits per heavy atom. The van der Waals surface area contributed by atoms with E-state index in [0.29, 0.717) is 6.54 Å².